The highest BCUT2D eigenvalue weighted by atomic mass is 32.2. The quantitative estimate of drug-likeness (QED) is 0.729. The Labute approximate surface area is 101 Å². The van der Waals surface area contributed by atoms with Gasteiger partial charge in [-0.2, -0.15) is 0 Å². The van der Waals surface area contributed by atoms with Crippen LogP contribution in [0.5, 0.6) is 0 Å². The van der Waals surface area contributed by atoms with Gasteiger partial charge in [0.25, 0.3) is 0 Å². The van der Waals surface area contributed by atoms with E-state index >= 15 is 0 Å². The summed E-state index contributed by atoms with van der Waals surface area (Å²) in [6.45, 7) is 7.66. The van der Waals surface area contributed by atoms with Crippen molar-refractivity contribution in [3.63, 3.8) is 0 Å². The van der Waals surface area contributed by atoms with Gasteiger partial charge in [-0.05, 0) is 26.8 Å². The Morgan fingerprint density at radius 1 is 1.56 bits per heavy atom. The second-order valence-corrected chi connectivity index (χ2v) is 6.16. The van der Waals surface area contributed by atoms with Crippen molar-refractivity contribution in [3.8, 4) is 0 Å². The Kier molecular flexibility index (Phi) is 6.49. The molecule has 0 bridgehead atoms. The Morgan fingerprint density at radius 3 is 2.94 bits per heavy atom. The lowest BCUT2D eigenvalue weighted by atomic mass is 10.2. The molecule has 1 rings (SSSR count). The molecular weight excluding hydrogens is 224 g/mol. The molecule has 0 aliphatic carbocycles. The maximum absolute atomic E-state index is 11.7. The van der Waals surface area contributed by atoms with E-state index in [1.807, 2.05) is 0 Å². The monoisotopic (exact) mass is 248 g/mol. The van der Waals surface area contributed by atoms with Crippen LogP contribution in [0, 0.1) is 0 Å². The Morgan fingerprint density at radius 2 is 2.31 bits per heavy atom. The summed E-state index contributed by atoms with van der Waals surface area (Å²) in [6, 6.07) is 0.545. The van der Waals surface area contributed by atoms with Gasteiger partial charge in [0.2, 0.25) is 0 Å². The first-order valence-electron chi connectivity index (χ1n) is 6.04. The maximum atomic E-state index is 11.7. The third-order valence-corrected chi connectivity index (χ3v) is 4.34. The van der Waals surface area contributed by atoms with Crippen LogP contribution in [0.1, 0.15) is 20.3 Å². The number of nitrogens with zero attached hydrogens (tertiary/aromatic N) is 1. The second-order valence-electron chi connectivity index (χ2n) is 4.53. The summed E-state index contributed by atoms with van der Waals surface area (Å²) in [5.74, 6) is 1.36. The SMILES string of the molecule is CC(C)N1CCOC(CS(=O)CCCN)C1. The van der Waals surface area contributed by atoms with Crippen molar-refractivity contribution in [1.82, 2.24) is 4.90 Å². The average Bonchev–Trinajstić information content (AvgIpc) is 2.26. The normalized spacial score (nSPS) is 24.9. The molecule has 96 valence electrons. The molecule has 1 aliphatic rings. The number of rotatable bonds is 6. The molecule has 0 aromatic rings. The lowest BCUT2D eigenvalue weighted by Crippen LogP contribution is -2.47. The zero-order valence-corrected chi connectivity index (χ0v) is 11.2. The van der Waals surface area contributed by atoms with Gasteiger partial charge >= 0.3 is 0 Å². The van der Waals surface area contributed by atoms with E-state index in [9.17, 15) is 4.21 Å². The van der Waals surface area contributed by atoms with E-state index in [0.29, 0.717) is 24.1 Å². The van der Waals surface area contributed by atoms with Gasteiger partial charge in [-0.25, -0.2) is 0 Å². The summed E-state index contributed by atoms with van der Waals surface area (Å²) in [7, 11) is -0.777. The van der Waals surface area contributed by atoms with Crippen LogP contribution in [0.2, 0.25) is 0 Å². The fourth-order valence-corrected chi connectivity index (χ4v) is 3.12. The van der Waals surface area contributed by atoms with Crippen LogP contribution in [0.4, 0.5) is 0 Å². The number of hydrogen-bond donors (Lipinski definition) is 1. The smallest absolute Gasteiger partial charge is 0.0817 e. The van der Waals surface area contributed by atoms with E-state index in [1.165, 1.54) is 0 Å². The van der Waals surface area contributed by atoms with Gasteiger partial charge in [0.05, 0.1) is 18.5 Å². The highest BCUT2D eigenvalue weighted by Crippen LogP contribution is 2.10. The summed E-state index contributed by atoms with van der Waals surface area (Å²) in [5, 5.41) is 0. The van der Waals surface area contributed by atoms with Crippen molar-refractivity contribution in [2.45, 2.75) is 32.4 Å². The van der Waals surface area contributed by atoms with Crippen LogP contribution in [0.3, 0.4) is 0 Å². The van der Waals surface area contributed by atoms with Crippen molar-refractivity contribution >= 4 is 10.8 Å². The van der Waals surface area contributed by atoms with Gasteiger partial charge in [0.15, 0.2) is 0 Å². The van der Waals surface area contributed by atoms with Gasteiger partial charge in [-0.3, -0.25) is 9.11 Å². The Balaban J connectivity index is 2.28. The summed E-state index contributed by atoms with van der Waals surface area (Å²) >= 11 is 0. The fraction of sp³-hybridized carbons (Fsp3) is 1.00. The summed E-state index contributed by atoms with van der Waals surface area (Å²) in [5.41, 5.74) is 5.40. The zero-order chi connectivity index (χ0) is 12.0. The number of ether oxygens (including phenoxy) is 1. The van der Waals surface area contributed by atoms with Crippen LogP contribution in [-0.4, -0.2) is 59.0 Å². The maximum Gasteiger partial charge on any atom is 0.0817 e. The first-order chi connectivity index (χ1) is 7.63. The minimum absolute atomic E-state index is 0.134. The number of morpholine rings is 1. The average molecular weight is 248 g/mol. The first kappa shape index (κ1) is 14.1. The topological polar surface area (TPSA) is 55.6 Å². The third kappa shape index (κ3) is 4.91. The molecule has 0 spiro atoms. The summed E-state index contributed by atoms with van der Waals surface area (Å²) < 4.78 is 17.3. The van der Waals surface area contributed by atoms with E-state index < -0.39 is 10.8 Å². The van der Waals surface area contributed by atoms with Crippen LogP contribution in [0.15, 0.2) is 0 Å². The fourth-order valence-electron chi connectivity index (χ4n) is 1.85. The third-order valence-electron chi connectivity index (χ3n) is 2.85. The largest absolute Gasteiger partial charge is 0.375 e. The molecule has 2 unspecified atom stereocenters. The van der Waals surface area contributed by atoms with E-state index in [1.54, 1.807) is 0 Å². The minimum atomic E-state index is -0.777. The molecule has 16 heavy (non-hydrogen) atoms. The van der Waals surface area contributed by atoms with E-state index in [4.69, 9.17) is 10.5 Å². The Hall–Kier alpha value is 0.0300. The summed E-state index contributed by atoms with van der Waals surface area (Å²) in [4.78, 5) is 2.38. The minimum Gasteiger partial charge on any atom is -0.375 e. The van der Waals surface area contributed by atoms with Crippen LogP contribution >= 0.6 is 0 Å². The van der Waals surface area contributed by atoms with Gasteiger partial charge < -0.3 is 10.5 Å². The van der Waals surface area contributed by atoms with E-state index in [-0.39, 0.29) is 6.10 Å². The van der Waals surface area contributed by atoms with Crippen molar-refractivity contribution < 1.29 is 8.95 Å². The molecule has 1 heterocycles. The van der Waals surface area contributed by atoms with Gasteiger partial charge in [0, 0.05) is 35.7 Å². The van der Waals surface area contributed by atoms with Crippen molar-refractivity contribution in [1.29, 1.82) is 0 Å². The summed E-state index contributed by atoms with van der Waals surface area (Å²) in [6.07, 6.45) is 0.975. The molecular formula is C11H24N2O2S. The molecule has 2 atom stereocenters. The lowest BCUT2D eigenvalue weighted by Gasteiger charge is -2.35. The van der Waals surface area contributed by atoms with Crippen LogP contribution < -0.4 is 5.73 Å². The highest BCUT2D eigenvalue weighted by molar-refractivity contribution is 7.85. The predicted octanol–water partition coefficient (Wildman–Crippen LogP) is 0.193. The van der Waals surface area contributed by atoms with Gasteiger partial charge in [-0.15, -0.1) is 0 Å². The van der Waals surface area contributed by atoms with E-state index in [0.717, 1.165) is 26.1 Å². The molecule has 0 aromatic carbocycles. The molecule has 1 aliphatic heterocycles. The Bertz CT molecular complexity index is 224. The van der Waals surface area contributed by atoms with Gasteiger partial charge in [-0.1, -0.05) is 0 Å². The lowest BCUT2D eigenvalue weighted by molar-refractivity contribution is -0.0268. The molecule has 0 radical (unpaired) electrons. The zero-order valence-electron chi connectivity index (χ0n) is 10.4. The van der Waals surface area contributed by atoms with Crippen molar-refractivity contribution in [2.24, 2.45) is 5.73 Å². The van der Waals surface area contributed by atoms with Crippen LogP contribution in [0.25, 0.3) is 0 Å². The van der Waals surface area contributed by atoms with Crippen molar-refractivity contribution in [2.75, 3.05) is 37.7 Å². The molecule has 2 N–H and O–H groups in total. The van der Waals surface area contributed by atoms with Crippen molar-refractivity contribution in [3.05, 3.63) is 0 Å². The second kappa shape index (κ2) is 7.37. The molecule has 5 heteroatoms. The number of hydrogen-bond acceptors (Lipinski definition) is 4. The molecule has 0 saturated carbocycles. The predicted molar refractivity (Wildman–Crippen MR) is 68.0 cm³/mol. The highest BCUT2D eigenvalue weighted by Gasteiger charge is 2.23. The molecule has 4 nitrogen and oxygen atoms in total. The molecule has 1 saturated heterocycles. The van der Waals surface area contributed by atoms with E-state index in [2.05, 4.69) is 18.7 Å². The molecule has 0 aromatic heterocycles. The van der Waals surface area contributed by atoms with Gasteiger partial charge in [0.1, 0.15) is 0 Å². The standard InChI is InChI=1S/C11H24N2O2S/c1-10(2)13-5-6-15-11(8-13)9-16(14)7-3-4-12/h10-11H,3-9,12H2,1-2H3. The first-order valence-corrected chi connectivity index (χ1v) is 7.53. The molecule has 0 amide bonds. The van der Waals surface area contributed by atoms with Crippen LogP contribution in [-0.2, 0) is 15.5 Å². The molecule has 1 fully saturated rings. The number of nitrogens with two attached hydrogens (primary N) is 1.